The van der Waals surface area contributed by atoms with E-state index in [0.29, 0.717) is 11.6 Å². The van der Waals surface area contributed by atoms with Gasteiger partial charge in [-0.25, -0.2) is 14.2 Å². The van der Waals surface area contributed by atoms with Gasteiger partial charge in [-0.15, -0.1) is 5.10 Å². The van der Waals surface area contributed by atoms with Crippen molar-refractivity contribution in [3.63, 3.8) is 0 Å². The molecule has 3 aromatic heterocycles. The van der Waals surface area contributed by atoms with E-state index in [2.05, 4.69) is 20.4 Å². The second kappa shape index (κ2) is 6.01. The molecule has 1 aliphatic rings. The molecule has 0 unspecified atom stereocenters. The molecule has 4 aromatic rings. The van der Waals surface area contributed by atoms with E-state index in [1.54, 1.807) is 15.4 Å². The van der Waals surface area contributed by atoms with Crippen LogP contribution in [0.15, 0.2) is 42.6 Å². The number of aromatic nitrogens is 6. The zero-order valence-electron chi connectivity index (χ0n) is 14.8. The minimum Gasteiger partial charge on any atom is -0.303 e. The summed E-state index contributed by atoms with van der Waals surface area (Å²) in [4.78, 5) is 21.3. The lowest BCUT2D eigenvalue weighted by molar-refractivity contribution is 0.101. The Hall–Kier alpha value is -3.55. The van der Waals surface area contributed by atoms with Gasteiger partial charge in [-0.05, 0) is 44.4 Å². The summed E-state index contributed by atoms with van der Waals surface area (Å²) < 4.78 is 3.36. The summed E-state index contributed by atoms with van der Waals surface area (Å²) in [6.45, 7) is 1.89. The molecule has 1 N–H and O–H groups in total. The molecule has 1 aliphatic carbocycles. The molecule has 1 amide bonds. The molecule has 5 rings (SSSR count). The predicted octanol–water partition coefficient (Wildman–Crippen LogP) is 2.36. The lowest BCUT2D eigenvalue weighted by Gasteiger charge is -2.09. The first-order chi connectivity index (χ1) is 13.2. The van der Waals surface area contributed by atoms with E-state index < -0.39 is 0 Å². The molecule has 1 aromatic carbocycles. The van der Waals surface area contributed by atoms with Crippen LogP contribution in [0.2, 0.25) is 0 Å². The van der Waals surface area contributed by atoms with E-state index in [0.717, 1.165) is 41.9 Å². The summed E-state index contributed by atoms with van der Waals surface area (Å²) in [5.41, 5.74) is 3.89. The van der Waals surface area contributed by atoms with Crippen molar-refractivity contribution in [3.8, 4) is 5.69 Å². The first-order valence-corrected chi connectivity index (χ1v) is 8.86. The number of rotatable bonds is 3. The number of benzene rings is 1. The highest BCUT2D eigenvalue weighted by molar-refractivity contribution is 6.02. The summed E-state index contributed by atoms with van der Waals surface area (Å²) in [5.74, 6) is 0.820. The third-order valence-electron chi connectivity index (χ3n) is 4.77. The molecule has 27 heavy (non-hydrogen) atoms. The largest absolute Gasteiger partial charge is 0.303 e. The Balaban J connectivity index is 1.55. The molecule has 3 heterocycles. The summed E-state index contributed by atoms with van der Waals surface area (Å²) in [6.07, 6.45) is 4.52. The van der Waals surface area contributed by atoms with Gasteiger partial charge in [0.1, 0.15) is 5.82 Å². The normalized spacial score (nSPS) is 13.1. The Bertz CT molecular complexity index is 1160. The molecule has 134 valence electrons. The molecular formula is C19H17N7O. The van der Waals surface area contributed by atoms with E-state index in [-0.39, 0.29) is 11.7 Å². The average Bonchev–Trinajstić information content (AvgIpc) is 3.38. The third-order valence-corrected chi connectivity index (χ3v) is 4.77. The van der Waals surface area contributed by atoms with Crippen LogP contribution in [0.25, 0.3) is 11.5 Å². The molecule has 0 bridgehead atoms. The standard InChI is InChI=1S/C19H17N7O/c1-12-10-11-20-19-21-16(24-25(12)19)18(27)22-17-14-8-5-9-15(14)23-26(17)13-6-3-2-4-7-13/h2-4,6-7,10-11H,5,8-9H2,1H3,(H,22,27). The van der Waals surface area contributed by atoms with Gasteiger partial charge in [-0.1, -0.05) is 18.2 Å². The van der Waals surface area contributed by atoms with Crippen LogP contribution in [0.1, 0.15) is 34.0 Å². The highest BCUT2D eigenvalue weighted by atomic mass is 16.2. The monoisotopic (exact) mass is 359 g/mol. The lowest BCUT2D eigenvalue weighted by Crippen LogP contribution is -2.18. The van der Waals surface area contributed by atoms with Gasteiger partial charge in [0.05, 0.1) is 11.4 Å². The molecule has 8 heteroatoms. The van der Waals surface area contributed by atoms with Crippen molar-refractivity contribution >= 4 is 17.5 Å². The minimum absolute atomic E-state index is 0.0874. The van der Waals surface area contributed by atoms with Crippen molar-refractivity contribution in [1.29, 1.82) is 0 Å². The van der Waals surface area contributed by atoms with E-state index in [4.69, 9.17) is 5.10 Å². The van der Waals surface area contributed by atoms with Crippen LogP contribution in [-0.4, -0.2) is 35.3 Å². The SMILES string of the molecule is Cc1ccnc2nc(C(=O)Nc3c4c(nn3-c3ccccc3)CCC4)nn12. The number of para-hydroxylation sites is 1. The number of hydrogen-bond donors (Lipinski definition) is 1. The summed E-state index contributed by atoms with van der Waals surface area (Å²) in [7, 11) is 0. The van der Waals surface area contributed by atoms with Gasteiger partial charge in [0, 0.05) is 17.5 Å². The molecule has 0 fully saturated rings. The summed E-state index contributed by atoms with van der Waals surface area (Å²) >= 11 is 0. The van der Waals surface area contributed by atoms with E-state index in [1.807, 2.05) is 43.3 Å². The molecule has 0 saturated carbocycles. The number of hydrogen-bond acceptors (Lipinski definition) is 5. The fraction of sp³-hybridized carbons (Fsp3) is 0.211. The Morgan fingerprint density at radius 1 is 1.11 bits per heavy atom. The number of carbonyl (C=O) groups excluding carboxylic acids is 1. The van der Waals surface area contributed by atoms with Gasteiger partial charge in [0.2, 0.25) is 5.82 Å². The molecule has 0 aliphatic heterocycles. The topological polar surface area (TPSA) is 90.0 Å². The zero-order chi connectivity index (χ0) is 18.4. The second-order valence-electron chi connectivity index (χ2n) is 6.56. The predicted molar refractivity (Wildman–Crippen MR) is 99.1 cm³/mol. The second-order valence-corrected chi connectivity index (χ2v) is 6.56. The highest BCUT2D eigenvalue weighted by Crippen LogP contribution is 2.31. The number of nitrogens with zero attached hydrogens (tertiary/aromatic N) is 6. The van der Waals surface area contributed by atoms with Gasteiger partial charge in [0.25, 0.3) is 11.7 Å². The van der Waals surface area contributed by atoms with Crippen LogP contribution in [-0.2, 0) is 12.8 Å². The maximum Gasteiger partial charge on any atom is 0.296 e. The van der Waals surface area contributed by atoms with E-state index >= 15 is 0 Å². The molecule has 0 radical (unpaired) electrons. The Morgan fingerprint density at radius 3 is 2.78 bits per heavy atom. The van der Waals surface area contributed by atoms with Gasteiger partial charge in [0.15, 0.2) is 0 Å². The first kappa shape index (κ1) is 15.7. The molecule has 0 atom stereocenters. The van der Waals surface area contributed by atoms with E-state index in [1.165, 1.54) is 0 Å². The minimum atomic E-state index is -0.369. The van der Waals surface area contributed by atoms with Crippen LogP contribution >= 0.6 is 0 Å². The number of fused-ring (bicyclic) bond motifs is 2. The quantitative estimate of drug-likeness (QED) is 0.606. The summed E-state index contributed by atoms with van der Waals surface area (Å²) in [6, 6.07) is 11.6. The van der Waals surface area contributed by atoms with Crippen molar-refractivity contribution in [3.05, 3.63) is 65.4 Å². The van der Waals surface area contributed by atoms with Crippen LogP contribution in [0, 0.1) is 6.92 Å². The van der Waals surface area contributed by atoms with Gasteiger partial charge >= 0.3 is 0 Å². The van der Waals surface area contributed by atoms with Crippen molar-refractivity contribution in [2.45, 2.75) is 26.2 Å². The van der Waals surface area contributed by atoms with Gasteiger partial charge in [-0.3, -0.25) is 4.79 Å². The Kier molecular flexibility index (Phi) is 3.49. The smallest absolute Gasteiger partial charge is 0.296 e. The van der Waals surface area contributed by atoms with Crippen molar-refractivity contribution in [2.75, 3.05) is 5.32 Å². The molecule has 0 saturated heterocycles. The zero-order valence-corrected chi connectivity index (χ0v) is 14.8. The van der Waals surface area contributed by atoms with Crippen LogP contribution < -0.4 is 5.32 Å². The highest BCUT2D eigenvalue weighted by Gasteiger charge is 2.25. The Labute approximate surface area is 154 Å². The summed E-state index contributed by atoms with van der Waals surface area (Å²) in [5, 5.41) is 12.0. The number of carbonyl (C=O) groups is 1. The Morgan fingerprint density at radius 2 is 1.96 bits per heavy atom. The average molecular weight is 359 g/mol. The van der Waals surface area contributed by atoms with Gasteiger partial charge in [-0.2, -0.15) is 10.1 Å². The molecule has 8 nitrogen and oxygen atoms in total. The third kappa shape index (κ3) is 2.57. The van der Waals surface area contributed by atoms with Crippen LogP contribution in [0.3, 0.4) is 0 Å². The van der Waals surface area contributed by atoms with Crippen LogP contribution in [0.4, 0.5) is 5.82 Å². The van der Waals surface area contributed by atoms with Crippen molar-refractivity contribution in [2.24, 2.45) is 0 Å². The fourth-order valence-corrected chi connectivity index (χ4v) is 3.44. The van der Waals surface area contributed by atoms with Crippen molar-refractivity contribution in [1.82, 2.24) is 29.4 Å². The number of aryl methyl sites for hydroxylation is 2. The van der Waals surface area contributed by atoms with Crippen molar-refractivity contribution < 1.29 is 4.79 Å². The number of amides is 1. The molecule has 0 spiro atoms. The van der Waals surface area contributed by atoms with Crippen LogP contribution in [0.5, 0.6) is 0 Å². The fourth-order valence-electron chi connectivity index (χ4n) is 3.44. The number of nitrogens with one attached hydrogen (secondary N) is 1. The van der Waals surface area contributed by atoms with Gasteiger partial charge < -0.3 is 5.32 Å². The van der Waals surface area contributed by atoms with E-state index in [9.17, 15) is 4.79 Å². The molecular weight excluding hydrogens is 342 g/mol. The maximum absolute atomic E-state index is 12.9. The first-order valence-electron chi connectivity index (χ1n) is 8.86. The maximum atomic E-state index is 12.9. The lowest BCUT2D eigenvalue weighted by atomic mass is 10.2. The number of anilines is 1.